The van der Waals surface area contributed by atoms with Crippen molar-refractivity contribution in [2.75, 3.05) is 6.54 Å². The summed E-state index contributed by atoms with van der Waals surface area (Å²) in [5.41, 5.74) is 0.514. The molecule has 0 heterocycles. The van der Waals surface area contributed by atoms with Crippen LogP contribution in [0.1, 0.15) is 37.6 Å². The van der Waals surface area contributed by atoms with E-state index in [0.717, 1.165) is 6.42 Å². The second-order valence-corrected chi connectivity index (χ2v) is 4.83. The van der Waals surface area contributed by atoms with Gasteiger partial charge in [-0.05, 0) is 54.4 Å². The molecule has 1 aromatic rings. The second-order valence-electron chi connectivity index (χ2n) is 3.98. The van der Waals surface area contributed by atoms with Gasteiger partial charge in [-0.15, -0.1) is 0 Å². The summed E-state index contributed by atoms with van der Waals surface area (Å²) in [5.74, 6) is -0.407. The maximum Gasteiger partial charge on any atom is 0.254 e. The van der Waals surface area contributed by atoms with Crippen molar-refractivity contribution in [1.29, 1.82) is 0 Å². The van der Waals surface area contributed by atoms with E-state index in [9.17, 15) is 9.18 Å². The van der Waals surface area contributed by atoms with Gasteiger partial charge in [0, 0.05) is 18.2 Å². The summed E-state index contributed by atoms with van der Waals surface area (Å²) in [6.07, 6.45) is 0.905. The van der Waals surface area contributed by atoms with Crippen molar-refractivity contribution in [3.63, 3.8) is 0 Å². The second kappa shape index (κ2) is 6.15. The Morgan fingerprint density at radius 1 is 1.47 bits per heavy atom. The lowest BCUT2D eigenvalue weighted by molar-refractivity contribution is 0.0700. The third-order valence-electron chi connectivity index (χ3n) is 2.89. The van der Waals surface area contributed by atoms with Crippen LogP contribution in [0.4, 0.5) is 4.39 Å². The minimum absolute atomic E-state index is 0.0532. The highest BCUT2D eigenvalue weighted by atomic mass is 79.9. The van der Waals surface area contributed by atoms with Gasteiger partial charge in [0.2, 0.25) is 0 Å². The average Bonchev–Trinajstić information content (AvgIpc) is 2.33. The fourth-order valence-corrected chi connectivity index (χ4v) is 2.05. The predicted molar refractivity (Wildman–Crippen MR) is 70.6 cm³/mol. The molecule has 0 aliphatic heterocycles. The molecule has 2 nitrogen and oxygen atoms in total. The maximum absolute atomic E-state index is 13.1. The molecule has 1 unspecified atom stereocenters. The third-order valence-corrected chi connectivity index (χ3v) is 3.50. The van der Waals surface area contributed by atoms with Crippen LogP contribution in [-0.2, 0) is 0 Å². The van der Waals surface area contributed by atoms with Gasteiger partial charge in [0.15, 0.2) is 0 Å². The highest BCUT2D eigenvalue weighted by molar-refractivity contribution is 9.10. The van der Waals surface area contributed by atoms with Crippen molar-refractivity contribution in [1.82, 2.24) is 4.90 Å². The molecule has 4 heteroatoms. The van der Waals surface area contributed by atoms with Crippen molar-refractivity contribution in [2.45, 2.75) is 33.2 Å². The van der Waals surface area contributed by atoms with Gasteiger partial charge in [0.05, 0.1) is 4.47 Å². The van der Waals surface area contributed by atoms with Crippen LogP contribution < -0.4 is 0 Å². The van der Waals surface area contributed by atoms with Gasteiger partial charge in [-0.2, -0.15) is 0 Å². The van der Waals surface area contributed by atoms with E-state index in [1.54, 1.807) is 4.90 Å². The van der Waals surface area contributed by atoms with Crippen molar-refractivity contribution in [3.05, 3.63) is 34.1 Å². The first-order valence-electron chi connectivity index (χ1n) is 5.77. The van der Waals surface area contributed by atoms with Crippen LogP contribution in [0, 0.1) is 5.82 Å². The van der Waals surface area contributed by atoms with Crippen LogP contribution in [0.25, 0.3) is 0 Å². The lowest BCUT2D eigenvalue weighted by Gasteiger charge is -2.27. The first kappa shape index (κ1) is 14.2. The molecule has 0 fully saturated rings. The van der Waals surface area contributed by atoms with E-state index in [1.165, 1.54) is 18.2 Å². The highest BCUT2D eigenvalue weighted by Crippen LogP contribution is 2.19. The molecule has 1 aromatic carbocycles. The summed E-state index contributed by atoms with van der Waals surface area (Å²) in [6.45, 7) is 6.66. The molecule has 17 heavy (non-hydrogen) atoms. The Morgan fingerprint density at radius 2 is 2.12 bits per heavy atom. The molecule has 1 rings (SSSR count). The molecule has 0 saturated heterocycles. The van der Waals surface area contributed by atoms with E-state index < -0.39 is 0 Å². The van der Waals surface area contributed by atoms with E-state index in [2.05, 4.69) is 15.9 Å². The predicted octanol–water partition coefficient (Wildman–Crippen LogP) is 3.85. The highest BCUT2D eigenvalue weighted by Gasteiger charge is 2.19. The van der Waals surface area contributed by atoms with E-state index in [-0.39, 0.29) is 17.8 Å². The van der Waals surface area contributed by atoms with Crippen LogP contribution in [-0.4, -0.2) is 23.4 Å². The molecule has 0 radical (unpaired) electrons. The van der Waals surface area contributed by atoms with Crippen molar-refractivity contribution < 1.29 is 9.18 Å². The van der Waals surface area contributed by atoms with Gasteiger partial charge in [-0.3, -0.25) is 4.79 Å². The molecule has 0 spiro atoms. The fraction of sp³-hybridized carbons (Fsp3) is 0.462. The number of carbonyl (C=O) groups excluding carboxylic acids is 1. The zero-order valence-corrected chi connectivity index (χ0v) is 11.9. The summed E-state index contributed by atoms with van der Waals surface area (Å²) in [5, 5.41) is 0. The summed E-state index contributed by atoms with van der Waals surface area (Å²) >= 11 is 3.09. The molecule has 1 atom stereocenters. The quantitative estimate of drug-likeness (QED) is 0.827. The molecular formula is C13H17BrFNO. The van der Waals surface area contributed by atoms with Crippen molar-refractivity contribution in [3.8, 4) is 0 Å². The lowest BCUT2D eigenvalue weighted by Crippen LogP contribution is -2.38. The molecule has 0 aromatic heterocycles. The first-order valence-corrected chi connectivity index (χ1v) is 6.56. The number of rotatable bonds is 4. The van der Waals surface area contributed by atoms with Gasteiger partial charge in [0.1, 0.15) is 5.82 Å². The molecule has 94 valence electrons. The SMILES string of the molecule is CCC(C)N(CC)C(=O)c1ccc(F)c(Br)c1. The van der Waals surface area contributed by atoms with Crippen LogP contribution in [0.3, 0.4) is 0 Å². The summed E-state index contributed by atoms with van der Waals surface area (Å²) < 4.78 is 13.4. The Morgan fingerprint density at radius 3 is 2.59 bits per heavy atom. The number of hydrogen-bond donors (Lipinski definition) is 0. The molecule has 0 saturated carbocycles. The molecule has 0 bridgehead atoms. The monoisotopic (exact) mass is 301 g/mol. The van der Waals surface area contributed by atoms with Crippen LogP contribution >= 0.6 is 15.9 Å². The smallest absolute Gasteiger partial charge is 0.254 e. The normalized spacial score (nSPS) is 12.3. The minimum atomic E-state index is -0.354. The molecule has 0 N–H and O–H groups in total. The van der Waals surface area contributed by atoms with Crippen LogP contribution in [0.15, 0.2) is 22.7 Å². The number of benzene rings is 1. The Kier molecular flexibility index (Phi) is 5.12. The standard InChI is InChI=1S/C13H17BrFNO/c1-4-9(3)16(5-2)13(17)10-6-7-12(15)11(14)8-10/h6-9H,4-5H2,1-3H3. The number of nitrogens with zero attached hydrogens (tertiary/aromatic N) is 1. The van der Waals surface area contributed by atoms with Crippen molar-refractivity contribution in [2.24, 2.45) is 0 Å². The van der Waals surface area contributed by atoms with E-state index in [4.69, 9.17) is 0 Å². The van der Waals surface area contributed by atoms with Gasteiger partial charge >= 0.3 is 0 Å². The number of amides is 1. The number of halogens is 2. The van der Waals surface area contributed by atoms with Gasteiger partial charge < -0.3 is 4.90 Å². The lowest BCUT2D eigenvalue weighted by atomic mass is 10.1. The van der Waals surface area contributed by atoms with E-state index in [0.29, 0.717) is 16.6 Å². The molecular weight excluding hydrogens is 285 g/mol. The van der Waals surface area contributed by atoms with Crippen LogP contribution in [0.5, 0.6) is 0 Å². The van der Waals surface area contributed by atoms with E-state index in [1.807, 2.05) is 20.8 Å². The summed E-state index contributed by atoms with van der Waals surface area (Å²) in [7, 11) is 0. The Hall–Kier alpha value is -0.900. The fourth-order valence-electron chi connectivity index (χ4n) is 1.67. The minimum Gasteiger partial charge on any atom is -0.336 e. The average molecular weight is 302 g/mol. The van der Waals surface area contributed by atoms with Gasteiger partial charge in [0.25, 0.3) is 5.91 Å². The van der Waals surface area contributed by atoms with E-state index >= 15 is 0 Å². The zero-order valence-electron chi connectivity index (χ0n) is 10.3. The first-order chi connectivity index (χ1) is 8.01. The maximum atomic E-state index is 13.1. The molecule has 0 aliphatic rings. The van der Waals surface area contributed by atoms with Gasteiger partial charge in [-0.25, -0.2) is 4.39 Å². The van der Waals surface area contributed by atoms with Crippen LogP contribution in [0.2, 0.25) is 0 Å². The molecule has 1 amide bonds. The topological polar surface area (TPSA) is 20.3 Å². The third kappa shape index (κ3) is 3.28. The number of hydrogen-bond acceptors (Lipinski definition) is 1. The summed E-state index contributed by atoms with van der Waals surface area (Å²) in [4.78, 5) is 14.0. The Labute approximate surface area is 110 Å². The summed E-state index contributed by atoms with van der Waals surface area (Å²) in [6, 6.07) is 4.55. The Bertz CT molecular complexity index is 408. The zero-order chi connectivity index (χ0) is 13.0. The molecule has 0 aliphatic carbocycles. The van der Waals surface area contributed by atoms with Gasteiger partial charge in [-0.1, -0.05) is 6.92 Å². The largest absolute Gasteiger partial charge is 0.336 e. The Balaban J connectivity index is 2.98. The number of carbonyl (C=O) groups is 1. The van der Waals surface area contributed by atoms with Crippen molar-refractivity contribution >= 4 is 21.8 Å².